The lowest BCUT2D eigenvalue weighted by Gasteiger charge is -2.32. The highest BCUT2D eigenvalue weighted by Crippen LogP contribution is 2.15. The van der Waals surface area contributed by atoms with Crippen LogP contribution in [0.15, 0.2) is 16.7 Å². The topological polar surface area (TPSA) is 37.6 Å². The first-order chi connectivity index (χ1) is 8.83. The number of likely N-dealkylation sites (N-methyl/N-ethyl adjacent to an activating group) is 1. The lowest BCUT2D eigenvalue weighted by Crippen LogP contribution is -2.42. The Bertz CT molecular complexity index is 370. The first-order valence-electron chi connectivity index (χ1n) is 6.86. The predicted octanol–water partition coefficient (Wildman–Crippen LogP) is 2.63. The minimum Gasteiger partial charge on any atom is -0.468 e. The largest absolute Gasteiger partial charge is 0.468 e. The quantitative estimate of drug-likeness (QED) is 0.786. The number of nitrogens with one attached hydrogen (secondary N) is 1. The van der Waals surface area contributed by atoms with Crippen molar-refractivity contribution in [2.75, 3.05) is 20.7 Å². The van der Waals surface area contributed by atoms with Crippen LogP contribution in [-0.4, -0.2) is 37.2 Å². The van der Waals surface area contributed by atoms with Gasteiger partial charge in [0, 0.05) is 17.1 Å². The van der Waals surface area contributed by atoms with Crippen molar-refractivity contribution in [2.24, 2.45) is 0 Å². The first kappa shape index (κ1) is 16.2. The van der Waals surface area contributed by atoms with E-state index in [2.05, 4.69) is 52.0 Å². The Morgan fingerprint density at radius 2 is 2.05 bits per heavy atom. The zero-order valence-corrected chi connectivity index (χ0v) is 13.1. The lowest BCUT2D eigenvalue weighted by atomic mass is 10.1. The number of hydrogen-bond acceptors (Lipinski definition) is 4. The van der Waals surface area contributed by atoms with E-state index in [9.17, 15) is 0 Å². The van der Waals surface area contributed by atoms with Gasteiger partial charge < -0.3 is 19.4 Å². The van der Waals surface area contributed by atoms with Crippen LogP contribution in [0.3, 0.4) is 0 Å². The molecule has 0 spiro atoms. The summed E-state index contributed by atoms with van der Waals surface area (Å²) >= 11 is 0. The summed E-state index contributed by atoms with van der Waals surface area (Å²) in [5, 5.41) is 3.36. The molecule has 0 aliphatic carbocycles. The second-order valence-corrected chi connectivity index (χ2v) is 6.10. The molecule has 4 heteroatoms. The Morgan fingerprint density at radius 1 is 1.37 bits per heavy atom. The Balaban J connectivity index is 2.43. The SMILES string of the molecule is CC(C)NCc1occc1COCC(C)(C)N(C)C. The van der Waals surface area contributed by atoms with E-state index in [0.717, 1.165) is 17.9 Å². The van der Waals surface area contributed by atoms with Gasteiger partial charge in [0.05, 0.1) is 26.0 Å². The van der Waals surface area contributed by atoms with Crippen molar-refractivity contribution in [1.29, 1.82) is 0 Å². The zero-order valence-electron chi connectivity index (χ0n) is 13.1. The number of nitrogens with zero attached hydrogens (tertiary/aromatic N) is 1. The van der Waals surface area contributed by atoms with Crippen molar-refractivity contribution in [3.05, 3.63) is 23.7 Å². The molecule has 0 saturated carbocycles. The number of ether oxygens (including phenoxy) is 1. The van der Waals surface area contributed by atoms with E-state index in [1.807, 2.05) is 6.07 Å². The number of furan rings is 1. The molecule has 0 aromatic carbocycles. The van der Waals surface area contributed by atoms with Crippen LogP contribution in [0.1, 0.15) is 39.0 Å². The van der Waals surface area contributed by atoms with Crippen LogP contribution in [-0.2, 0) is 17.9 Å². The fourth-order valence-corrected chi connectivity index (χ4v) is 1.49. The summed E-state index contributed by atoms with van der Waals surface area (Å²) in [6, 6.07) is 2.44. The molecule has 1 heterocycles. The molecule has 4 nitrogen and oxygen atoms in total. The molecule has 0 aliphatic heterocycles. The second-order valence-electron chi connectivity index (χ2n) is 6.10. The van der Waals surface area contributed by atoms with Gasteiger partial charge in [-0.25, -0.2) is 0 Å². The highest BCUT2D eigenvalue weighted by Gasteiger charge is 2.20. The second kappa shape index (κ2) is 7.08. The van der Waals surface area contributed by atoms with Crippen molar-refractivity contribution in [1.82, 2.24) is 10.2 Å². The van der Waals surface area contributed by atoms with E-state index in [1.54, 1.807) is 6.26 Å². The van der Waals surface area contributed by atoms with Crippen LogP contribution in [0.5, 0.6) is 0 Å². The normalized spacial score (nSPS) is 12.6. The predicted molar refractivity (Wildman–Crippen MR) is 78.1 cm³/mol. The molecule has 19 heavy (non-hydrogen) atoms. The van der Waals surface area contributed by atoms with Crippen LogP contribution in [0.2, 0.25) is 0 Å². The Morgan fingerprint density at radius 3 is 2.63 bits per heavy atom. The average Bonchev–Trinajstić information content (AvgIpc) is 2.73. The molecule has 0 aliphatic rings. The Kier molecular flexibility index (Phi) is 6.04. The third-order valence-corrected chi connectivity index (χ3v) is 3.43. The molecule has 0 amide bonds. The summed E-state index contributed by atoms with van der Waals surface area (Å²) in [5.41, 5.74) is 1.17. The summed E-state index contributed by atoms with van der Waals surface area (Å²) in [6.07, 6.45) is 1.73. The van der Waals surface area contributed by atoms with Gasteiger partial charge in [-0.1, -0.05) is 13.8 Å². The molecule has 1 rings (SSSR count). The smallest absolute Gasteiger partial charge is 0.123 e. The van der Waals surface area contributed by atoms with Crippen molar-refractivity contribution < 1.29 is 9.15 Å². The molecule has 0 atom stereocenters. The first-order valence-corrected chi connectivity index (χ1v) is 6.86. The molecule has 0 bridgehead atoms. The fraction of sp³-hybridized carbons (Fsp3) is 0.733. The lowest BCUT2D eigenvalue weighted by molar-refractivity contribution is 0.0269. The maximum absolute atomic E-state index is 5.82. The zero-order chi connectivity index (χ0) is 14.5. The van der Waals surface area contributed by atoms with Crippen LogP contribution >= 0.6 is 0 Å². The molecule has 110 valence electrons. The van der Waals surface area contributed by atoms with Gasteiger partial charge in [0.2, 0.25) is 0 Å². The van der Waals surface area contributed by atoms with Crippen molar-refractivity contribution in [3.8, 4) is 0 Å². The number of rotatable bonds is 8. The minimum atomic E-state index is 0.0417. The van der Waals surface area contributed by atoms with E-state index in [1.165, 1.54) is 0 Å². The van der Waals surface area contributed by atoms with Crippen LogP contribution < -0.4 is 5.32 Å². The number of hydrogen-bond donors (Lipinski definition) is 1. The molecule has 0 unspecified atom stereocenters. The van der Waals surface area contributed by atoms with Gasteiger partial charge in [-0.2, -0.15) is 0 Å². The van der Waals surface area contributed by atoms with Gasteiger partial charge in [-0.3, -0.25) is 0 Å². The highest BCUT2D eigenvalue weighted by molar-refractivity contribution is 5.15. The van der Waals surface area contributed by atoms with Gasteiger partial charge in [-0.15, -0.1) is 0 Å². The van der Waals surface area contributed by atoms with Gasteiger partial charge in [0.15, 0.2) is 0 Å². The fourth-order valence-electron chi connectivity index (χ4n) is 1.49. The van der Waals surface area contributed by atoms with Gasteiger partial charge in [0.1, 0.15) is 5.76 Å². The molecule has 1 aromatic heterocycles. The minimum absolute atomic E-state index is 0.0417. The summed E-state index contributed by atoms with van der Waals surface area (Å²) in [6.45, 7) is 10.6. The molecular formula is C15H28N2O2. The van der Waals surface area contributed by atoms with Gasteiger partial charge in [-0.05, 0) is 34.0 Å². The molecular weight excluding hydrogens is 240 g/mol. The molecule has 1 N–H and O–H groups in total. The van der Waals surface area contributed by atoms with Gasteiger partial charge in [0.25, 0.3) is 0 Å². The maximum Gasteiger partial charge on any atom is 0.123 e. The van der Waals surface area contributed by atoms with E-state index < -0.39 is 0 Å². The van der Waals surface area contributed by atoms with Crippen LogP contribution in [0.25, 0.3) is 0 Å². The third-order valence-electron chi connectivity index (χ3n) is 3.43. The summed E-state index contributed by atoms with van der Waals surface area (Å²) in [7, 11) is 4.14. The van der Waals surface area contributed by atoms with Crippen LogP contribution in [0.4, 0.5) is 0 Å². The Labute approximate surface area is 117 Å². The third kappa shape index (κ3) is 5.35. The van der Waals surface area contributed by atoms with E-state index in [-0.39, 0.29) is 5.54 Å². The van der Waals surface area contributed by atoms with Crippen molar-refractivity contribution in [3.63, 3.8) is 0 Å². The van der Waals surface area contributed by atoms with E-state index >= 15 is 0 Å². The highest BCUT2D eigenvalue weighted by atomic mass is 16.5. The Hall–Kier alpha value is -0.840. The molecule has 0 saturated heterocycles. The summed E-state index contributed by atoms with van der Waals surface area (Å²) in [5.74, 6) is 0.969. The van der Waals surface area contributed by atoms with Gasteiger partial charge >= 0.3 is 0 Å². The van der Waals surface area contributed by atoms with Crippen molar-refractivity contribution >= 4 is 0 Å². The maximum atomic E-state index is 5.82. The molecule has 0 fully saturated rings. The molecule has 1 aromatic rings. The van der Waals surface area contributed by atoms with Crippen molar-refractivity contribution in [2.45, 2.75) is 52.4 Å². The summed E-state index contributed by atoms with van der Waals surface area (Å²) in [4.78, 5) is 2.17. The monoisotopic (exact) mass is 268 g/mol. The van der Waals surface area contributed by atoms with Crippen LogP contribution in [0, 0.1) is 0 Å². The summed E-state index contributed by atoms with van der Waals surface area (Å²) < 4.78 is 11.3. The standard InChI is InChI=1S/C15H28N2O2/c1-12(2)16-9-14-13(7-8-19-14)10-18-11-15(3,4)17(5)6/h7-8,12,16H,9-11H2,1-6H3. The van der Waals surface area contributed by atoms with E-state index in [4.69, 9.17) is 9.15 Å². The van der Waals surface area contributed by atoms with E-state index in [0.29, 0.717) is 19.3 Å². The average molecular weight is 268 g/mol. The molecule has 0 radical (unpaired) electrons.